The molecule has 7 aliphatic rings. The summed E-state index contributed by atoms with van der Waals surface area (Å²) in [7, 11) is 3.26. The Morgan fingerprint density at radius 3 is 2.43 bits per heavy atom. The molecule has 1 amide bonds. The fourth-order valence-corrected chi connectivity index (χ4v) is 11.1. The molecule has 4 fully saturated rings. The molecule has 7 rings (SSSR count). The Morgan fingerprint density at radius 2 is 1.72 bits per heavy atom. The van der Waals surface area contributed by atoms with Gasteiger partial charge in [-0.3, -0.25) is 9.59 Å². The van der Waals surface area contributed by atoms with E-state index in [2.05, 4.69) is 45.2 Å². The molecule has 1 spiro atoms. The van der Waals surface area contributed by atoms with Gasteiger partial charge in [-0.2, -0.15) is 0 Å². The Hall–Kier alpha value is -2.80. The van der Waals surface area contributed by atoms with Crippen molar-refractivity contribution < 1.29 is 67.2 Å². The third-order valence-electron chi connectivity index (χ3n) is 15.5. The van der Waals surface area contributed by atoms with Gasteiger partial charge in [0.1, 0.15) is 35.9 Å². The molecule has 2 bridgehead atoms. The molecule has 0 aromatic heterocycles. The van der Waals surface area contributed by atoms with E-state index < -0.39 is 96.3 Å². The van der Waals surface area contributed by atoms with Crippen molar-refractivity contribution in [3.63, 3.8) is 0 Å². The first-order valence-corrected chi connectivity index (χ1v) is 23.8. The molecule has 1 aliphatic carbocycles. The van der Waals surface area contributed by atoms with Gasteiger partial charge in [-0.15, -0.1) is 0 Å². The molecule has 0 aromatic carbocycles. The first-order valence-electron chi connectivity index (χ1n) is 23.8. The number of nitrogens with one attached hydrogen (secondary N) is 1. The van der Waals surface area contributed by atoms with Gasteiger partial charge in [-0.25, -0.2) is 0 Å². The van der Waals surface area contributed by atoms with Gasteiger partial charge in [0.25, 0.3) is 0 Å². The molecule has 15 heteroatoms. The van der Waals surface area contributed by atoms with Gasteiger partial charge in [-0.1, -0.05) is 70.6 Å². The second kappa shape index (κ2) is 20.4. The molecule has 15 nitrogen and oxygen atoms in total. The summed E-state index contributed by atoms with van der Waals surface area (Å²) < 4.78 is 64.5. The molecule has 4 saturated heterocycles. The quantitative estimate of drug-likeness (QED) is 0.142. The minimum atomic E-state index is -1.84. The van der Waals surface area contributed by atoms with E-state index in [1.54, 1.807) is 33.3 Å². The summed E-state index contributed by atoms with van der Waals surface area (Å²) >= 11 is 0. The predicted molar refractivity (Wildman–Crippen MR) is 239 cm³/mol. The monoisotopic (exact) mass is 914 g/mol. The van der Waals surface area contributed by atoms with Crippen LogP contribution in [0.15, 0.2) is 59.3 Å². The lowest BCUT2D eigenvalue weighted by Gasteiger charge is -2.49. The molecular formula is C50H75NO14. The van der Waals surface area contributed by atoms with E-state index in [1.165, 1.54) is 0 Å². The van der Waals surface area contributed by atoms with E-state index in [4.69, 9.17) is 47.4 Å². The van der Waals surface area contributed by atoms with Crippen LogP contribution in [0.5, 0.6) is 0 Å². The number of esters is 1. The normalized spacial score (nSPS) is 48.4. The average Bonchev–Trinajstić information content (AvgIpc) is 3.61. The number of carbonyl (C=O) groups excluding carboxylic acids is 2. The highest BCUT2D eigenvalue weighted by atomic mass is 16.7. The van der Waals surface area contributed by atoms with Crippen LogP contribution in [0.3, 0.4) is 0 Å². The molecule has 3 unspecified atom stereocenters. The van der Waals surface area contributed by atoms with Gasteiger partial charge in [0.15, 0.2) is 18.4 Å². The number of hydrogen-bond donors (Lipinski definition) is 3. The SMILES string of the molecule is CCC(C)[C@H]1O[C@]2(C=C[C@@H]1C)C[C@@H]1C[C@@H](C/C=C(\C)[C@@H](OC3C[C@H](OC)[C@@H](OC4C[C@H](OC)[C@@](C)(NC=O)[C@H](C)O4)[C@H](C)O3)[C@@H](C)/C=C/C=C3\CO[C@@H]4[C@H](O)C(C)=C[C@@H](C(=O)O1)[C@]34O)O2. The number of methoxy groups -OCH3 is 2. The number of rotatable bonds is 10. The highest BCUT2D eigenvalue weighted by molar-refractivity contribution is 5.78. The van der Waals surface area contributed by atoms with E-state index in [1.807, 2.05) is 45.9 Å². The molecule has 0 radical (unpaired) electrons. The first kappa shape index (κ1) is 50.1. The Morgan fingerprint density at radius 1 is 0.969 bits per heavy atom. The minimum Gasteiger partial charge on any atom is -0.462 e. The van der Waals surface area contributed by atoms with Crippen LogP contribution in [0.2, 0.25) is 0 Å². The summed E-state index contributed by atoms with van der Waals surface area (Å²) in [6.45, 7) is 18.1. The van der Waals surface area contributed by atoms with Gasteiger partial charge in [0.2, 0.25) is 6.41 Å². The Balaban J connectivity index is 1.17. The van der Waals surface area contributed by atoms with Crippen LogP contribution in [-0.2, 0) is 57.0 Å². The van der Waals surface area contributed by atoms with Crippen molar-refractivity contribution >= 4 is 12.4 Å². The molecule has 0 aromatic rings. The maximum atomic E-state index is 14.4. The fraction of sp³-hybridized carbons (Fsp3) is 0.760. The standard InChI is InChI=1S/C50H75NO14/c1-12-27(2)44-30(5)18-19-49(65-44)24-36-21-35(64-49)17-16-29(4)43(28(3)14-13-15-34-25-58-46-42(53)31(6)20-37(47(54)61-36)50(34,46)55)62-40-22-38(56-10)45(32(7)59-40)63-41-23-39(57-11)48(9,51-26-52)33(8)60-41/h13-16,18-20,26-28,30,32-33,35-46,53,55H,12,17,21-25H2,1-11H3,(H,51,52)/b14-13+,29-16+,34-15+/t27?,28-,30-,32-,33-,35+,36-,37-,38-,39-,40?,41?,42+,43-,44+,45-,46+,48-,49+,50+/m0/s1. The number of ether oxygens (including phenoxy) is 10. The van der Waals surface area contributed by atoms with Crippen molar-refractivity contribution in [3.8, 4) is 0 Å². The number of allylic oxidation sites excluding steroid dienone is 2. The number of aliphatic hydroxyl groups excluding tert-OH is 1. The van der Waals surface area contributed by atoms with Crippen LogP contribution in [0.25, 0.3) is 0 Å². The van der Waals surface area contributed by atoms with E-state index in [9.17, 15) is 19.8 Å². The maximum absolute atomic E-state index is 14.4. The highest BCUT2D eigenvalue weighted by Crippen LogP contribution is 2.47. The lowest BCUT2D eigenvalue weighted by atomic mass is 9.71. The zero-order valence-corrected chi connectivity index (χ0v) is 40.2. The van der Waals surface area contributed by atoms with Crippen LogP contribution in [0, 0.1) is 23.7 Å². The molecule has 364 valence electrons. The van der Waals surface area contributed by atoms with Crippen molar-refractivity contribution in [1.82, 2.24) is 5.32 Å². The molecular weight excluding hydrogens is 839 g/mol. The number of fused-ring (bicyclic) bond motifs is 2. The van der Waals surface area contributed by atoms with Gasteiger partial charge in [0, 0.05) is 51.7 Å². The van der Waals surface area contributed by atoms with Gasteiger partial charge >= 0.3 is 5.97 Å². The summed E-state index contributed by atoms with van der Waals surface area (Å²) in [4.78, 5) is 25.9. The first-order chi connectivity index (χ1) is 30.9. The zero-order valence-electron chi connectivity index (χ0n) is 40.2. The molecule has 6 heterocycles. The van der Waals surface area contributed by atoms with Crippen LogP contribution in [0.1, 0.15) is 101 Å². The Bertz CT molecular complexity index is 1850. The van der Waals surface area contributed by atoms with Crippen molar-refractivity contribution in [2.45, 2.75) is 197 Å². The van der Waals surface area contributed by atoms with Crippen molar-refractivity contribution in [3.05, 3.63) is 59.3 Å². The van der Waals surface area contributed by atoms with E-state index >= 15 is 0 Å². The fourth-order valence-electron chi connectivity index (χ4n) is 11.1. The van der Waals surface area contributed by atoms with Crippen molar-refractivity contribution in [2.75, 3.05) is 20.8 Å². The van der Waals surface area contributed by atoms with Crippen LogP contribution in [0.4, 0.5) is 0 Å². The summed E-state index contributed by atoms with van der Waals surface area (Å²) in [6, 6.07) is 0. The molecule has 20 atom stereocenters. The lowest BCUT2D eigenvalue weighted by Crippen LogP contribution is -2.65. The number of carbonyl (C=O) groups is 2. The molecule has 6 aliphatic heterocycles. The molecule has 65 heavy (non-hydrogen) atoms. The Labute approximate surface area is 385 Å². The lowest BCUT2D eigenvalue weighted by molar-refractivity contribution is -0.317. The summed E-state index contributed by atoms with van der Waals surface area (Å²) in [6.07, 6.45) is 9.95. The number of aliphatic hydroxyl groups is 2. The Kier molecular flexibility index (Phi) is 15.7. The smallest absolute Gasteiger partial charge is 0.316 e. The molecule has 3 N–H and O–H groups in total. The van der Waals surface area contributed by atoms with Crippen LogP contribution < -0.4 is 5.32 Å². The minimum absolute atomic E-state index is 0.0261. The summed E-state index contributed by atoms with van der Waals surface area (Å²) in [5.41, 5.74) is -0.623. The van der Waals surface area contributed by atoms with Crippen LogP contribution >= 0.6 is 0 Å². The van der Waals surface area contributed by atoms with E-state index in [0.717, 1.165) is 12.0 Å². The maximum Gasteiger partial charge on any atom is 0.316 e. The van der Waals surface area contributed by atoms with Gasteiger partial charge < -0.3 is 62.9 Å². The third-order valence-corrected chi connectivity index (χ3v) is 15.5. The zero-order chi connectivity index (χ0) is 47.0. The van der Waals surface area contributed by atoms with E-state index in [-0.39, 0.29) is 43.0 Å². The second-order valence-corrected chi connectivity index (χ2v) is 19.9. The summed E-state index contributed by atoms with van der Waals surface area (Å²) in [5, 5.41) is 26.7. The topological polar surface area (TPSA) is 179 Å². The van der Waals surface area contributed by atoms with Crippen molar-refractivity contribution in [1.29, 1.82) is 0 Å². The summed E-state index contributed by atoms with van der Waals surface area (Å²) in [5.74, 6) is -2.60. The average molecular weight is 914 g/mol. The third kappa shape index (κ3) is 10.0. The second-order valence-electron chi connectivity index (χ2n) is 19.9. The number of hydrogen-bond acceptors (Lipinski definition) is 14. The van der Waals surface area contributed by atoms with Crippen LogP contribution in [-0.4, -0.2) is 140 Å². The van der Waals surface area contributed by atoms with Crippen molar-refractivity contribution in [2.24, 2.45) is 23.7 Å². The molecule has 0 saturated carbocycles. The van der Waals surface area contributed by atoms with Gasteiger partial charge in [-0.05, 0) is 69.8 Å². The highest BCUT2D eigenvalue weighted by Gasteiger charge is 2.60. The predicted octanol–water partition coefficient (Wildman–Crippen LogP) is 5.52. The van der Waals surface area contributed by atoms with Gasteiger partial charge in [0.05, 0.1) is 54.9 Å². The van der Waals surface area contributed by atoms with E-state index in [0.29, 0.717) is 43.2 Å². The largest absolute Gasteiger partial charge is 0.462 e. The number of amides is 1.